The topological polar surface area (TPSA) is 53.4 Å². The van der Waals surface area contributed by atoms with Crippen LogP contribution in [0.1, 0.15) is 5.56 Å². The fourth-order valence-electron chi connectivity index (χ4n) is 3.07. The Kier molecular flexibility index (Phi) is 3.91. The van der Waals surface area contributed by atoms with Crippen LogP contribution in [0.4, 0.5) is 0 Å². The van der Waals surface area contributed by atoms with Gasteiger partial charge >= 0.3 is 0 Å². The van der Waals surface area contributed by atoms with Crippen molar-refractivity contribution in [3.05, 3.63) is 58.5 Å². The number of methoxy groups -OCH3 is 1. The highest BCUT2D eigenvalue weighted by molar-refractivity contribution is 14.1. The van der Waals surface area contributed by atoms with Crippen molar-refractivity contribution in [1.29, 1.82) is 0 Å². The van der Waals surface area contributed by atoms with Crippen molar-refractivity contribution in [3.8, 4) is 17.2 Å². The van der Waals surface area contributed by atoms with Crippen LogP contribution in [0.2, 0.25) is 0 Å². The first-order valence-electron chi connectivity index (χ1n) is 7.62. The number of alkyl halides is 1. The van der Waals surface area contributed by atoms with Crippen molar-refractivity contribution in [1.82, 2.24) is 9.55 Å². The zero-order chi connectivity index (χ0) is 16.7. The van der Waals surface area contributed by atoms with Crippen molar-refractivity contribution in [3.63, 3.8) is 0 Å². The fourth-order valence-corrected chi connectivity index (χ4v) is 3.56. The van der Waals surface area contributed by atoms with E-state index < -0.39 is 0 Å². The molecule has 0 bridgehead atoms. The van der Waals surface area contributed by atoms with Gasteiger partial charge in [-0.25, -0.2) is 4.98 Å². The molecule has 0 N–H and O–H groups in total. The highest BCUT2D eigenvalue weighted by Gasteiger charge is 2.29. The van der Waals surface area contributed by atoms with Gasteiger partial charge in [0, 0.05) is 23.1 Å². The van der Waals surface area contributed by atoms with Gasteiger partial charge in [-0.15, -0.1) is 0 Å². The van der Waals surface area contributed by atoms with Crippen LogP contribution in [-0.4, -0.2) is 27.2 Å². The van der Waals surface area contributed by atoms with E-state index in [9.17, 15) is 4.79 Å². The van der Waals surface area contributed by atoms with E-state index in [-0.39, 0.29) is 11.7 Å². The maximum absolute atomic E-state index is 13.1. The van der Waals surface area contributed by atoms with Gasteiger partial charge in [0.1, 0.15) is 17.6 Å². The van der Waals surface area contributed by atoms with E-state index in [1.54, 1.807) is 17.9 Å². The molecule has 0 saturated carbocycles. The molecule has 2 aromatic heterocycles. The van der Waals surface area contributed by atoms with Crippen LogP contribution in [0, 0.1) is 0 Å². The monoisotopic (exact) mass is 434 g/mol. The maximum atomic E-state index is 13.1. The predicted molar refractivity (Wildman–Crippen MR) is 101 cm³/mol. The maximum Gasteiger partial charge on any atom is 0.263 e. The van der Waals surface area contributed by atoms with E-state index in [1.165, 1.54) is 0 Å². The molecule has 0 radical (unpaired) electrons. The minimum atomic E-state index is -0.0724. The zero-order valence-electron chi connectivity index (χ0n) is 13.0. The third kappa shape index (κ3) is 2.36. The average Bonchev–Trinajstić information content (AvgIpc) is 3.07. The highest BCUT2D eigenvalue weighted by atomic mass is 127. The number of benzene rings is 1. The molecule has 0 amide bonds. The Hall–Kier alpha value is -2.09. The Balaban J connectivity index is 2.05. The number of fused-ring (bicyclic) bond motifs is 3. The first kappa shape index (κ1) is 15.4. The van der Waals surface area contributed by atoms with E-state index in [0.29, 0.717) is 23.6 Å². The van der Waals surface area contributed by atoms with Crippen LogP contribution < -0.4 is 15.0 Å². The number of rotatable bonds is 3. The van der Waals surface area contributed by atoms with Gasteiger partial charge in [-0.05, 0) is 24.3 Å². The quantitative estimate of drug-likeness (QED) is 0.470. The molecule has 122 valence electrons. The number of pyridine rings is 2. The Morgan fingerprint density at radius 2 is 2.25 bits per heavy atom. The summed E-state index contributed by atoms with van der Waals surface area (Å²) < 4.78 is 13.8. The van der Waals surface area contributed by atoms with Gasteiger partial charge in [0.25, 0.3) is 5.56 Å². The number of ether oxygens (including phenoxy) is 2. The summed E-state index contributed by atoms with van der Waals surface area (Å²) in [4.78, 5) is 17.6. The van der Waals surface area contributed by atoms with Gasteiger partial charge in [0.2, 0.25) is 0 Å². The first-order valence-corrected chi connectivity index (χ1v) is 9.15. The smallest absolute Gasteiger partial charge is 0.263 e. The molecule has 4 rings (SSSR count). The summed E-state index contributed by atoms with van der Waals surface area (Å²) >= 11 is 2.29. The highest BCUT2D eigenvalue weighted by Crippen LogP contribution is 2.34. The van der Waals surface area contributed by atoms with Crippen molar-refractivity contribution in [2.45, 2.75) is 12.5 Å². The van der Waals surface area contributed by atoms with Crippen LogP contribution in [0.5, 0.6) is 11.5 Å². The van der Waals surface area contributed by atoms with Crippen LogP contribution in [-0.2, 0) is 6.42 Å². The second-order valence-electron chi connectivity index (χ2n) is 5.62. The Bertz CT molecular complexity index is 984. The molecule has 1 unspecified atom stereocenters. The lowest BCUT2D eigenvalue weighted by molar-refractivity contribution is 0.265. The summed E-state index contributed by atoms with van der Waals surface area (Å²) in [6, 6.07) is 11.3. The molecule has 3 heterocycles. The zero-order valence-corrected chi connectivity index (χ0v) is 15.2. The van der Waals surface area contributed by atoms with E-state index in [0.717, 1.165) is 21.1 Å². The van der Waals surface area contributed by atoms with Crippen molar-refractivity contribution in [2.75, 3.05) is 11.5 Å². The molecule has 0 saturated heterocycles. The molecule has 1 aromatic carbocycles. The number of nitrogens with zero attached hydrogens (tertiary/aromatic N) is 2. The van der Waals surface area contributed by atoms with Crippen molar-refractivity contribution in [2.24, 2.45) is 0 Å². The van der Waals surface area contributed by atoms with E-state index in [4.69, 9.17) is 9.47 Å². The normalized spacial score (nSPS) is 16.0. The summed E-state index contributed by atoms with van der Waals surface area (Å²) in [5, 5.41) is 0.863. The van der Waals surface area contributed by atoms with Gasteiger partial charge < -0.3 is 9.47 Å². The largest absolute Gasteiger partial charge is 0.497 e. The summed E-state index contributed by atoms with van der Waals surface area (Å²) in [6.45, 7) is 0. The van der Waals surface area contributed by atoms with E-state index >= 15 is 0 Å². The van der Waals surface area contributed by atoms with Gasteiger partial charge in [-0.3, -0.25) is 9.36 Å². The third-order valence-corrected chi connectivity index (χ3v) is 5.16. The molecule has 6 heteroatoms. The second kappa shape index (κ2) is 6.08. The summed E-state index contributed by atoms with van der Waals surface area (Å²) in [5.74, 6) is 1.38. The molecule has 1 aliphatic rings. The Morgan fingerprint density at radius 3 is 3.04 bits per heavy atom. The molecule has 0 aliphatic carbocycles. The van der Waals surface area contributed by atoms with Gasteiger partial charge in [0.15, 0.2) is 5.65 Å². The van der Waals surface area contributed by atoms with Crippen molar-refractivity contribution < 1.29 is 9.47 Å². The SMILES string of the molecule is COc1cccc(-n2c(=O)c3c(c4cccnc42)OC(CI)C3)c1. The van der Waals surface area contributed by atoms with Gasteiger partial charge in [0.05, 0.1) is 23.7 Å². The molecule has 3 aromatic rings. The molecular formula is C18H15IN2O3. The van der Waals surface area contributed by atoms with Crippen LogP contribution in [0.25, 0.3) is 16.7 Å². The Labute approximate surface area is 152 Å². The molecular weight excluding hydrogens is 419 g/mol. The molecule has 0 fully saturated rings. The Morgan fingerprint density at radius 1 is 1.38 bits per heavy atom. The van der Waals surface area contributed by atoms with Crippen molar-refractivity contribution >= 4 is 33.6 Å². The van der Waals surface area contributed by atoms with Crippen LogP contribution >= 0.6 is 22.6 Å². The van der Waals surface area contributed by atoms with Gasteiger partial charge in [-0.2, -0.15) is 0 Å². The molecule has 5 nitrogen and oxygen atoms in total. The lowest BCUT2D eigenvalue weighted by Gasteiger charge is -2.13. The second-order valence-corrected chi connectivity index (χ2v) is 6.50. The summed E-state index contributed by atoms with van der Waals surface area (Å²) in [5.41, 5.74) is 1.99. The number of hydrogen-bond donors (Lipinski definition) is 0. The summed E-state index contributed by atoms with van der Waals surface area (Å²) in [6.07, 6.45) is 2.36. The standard InChI is InChI=1S/C18H15IN2O3/c1-23-12-5-2-4-11(8-12)21-17-14(6-3-7-20-17)16-15(18(21)22)9-13(10-19)24-16/h2-8,13H,9-10H2,1H3. The van der Waals surface area contributed by atoms with E-state index in [2.05, 4.69) is 27.6 Å². The third-order valence-electron chi connectivity index (χ3n) is 4.18. The first-order chi connectivity index (χ1) is 11.7. The lowest BCUT2D eigenvalue weighted by Crippen LogP contribution is -2.23. The molecule has 1 aliphatic heterocycles. The predicted octanol–water partition coefficient (Wildman–Crippen LogP) is 3.13. The number of halogens is 1. The van der Waals surface area contributed by atoms with Gasteiger partial charge in [-0.1, -0.05) is 28.7 Å². The molecule has 1 atom stereocenters. The lowest BCUT2D eigenvalue weighted by atomic mass is 10.1. The number of hydrogen-bond acceptors (Lipinski definition) is 4. The number of aromatic nitrogens is 2. The molecule has 24 heavy (non-hydrogen) atoms. The fraction of sp³-hybridized carbons (Fsp3) is 0.222. The average molecular weight is 434 g/mol. The summed E-state index contributed by atoms with van der Waals surface area (Å²) in [7, 11) is 1.61. The minimum Gasteiger partial charge on any atom is -0.497 e. The van der Waals surface area contributed by atoms with Crippen LogP contribution in [0.15, 0.2) is 47.4 Å². The van der Waals surface area contributed by atoms with Crippen LogP contribution in [0.3, 0.4) is 0 Å². The van der Waals surface area contributed by atoms with E-state index in [1.807, 2.05) is 36.4 Å². The minimum absolute atomic E-state index is 0.0397. The molecule has 0 spiro atoms.